The Morgan fingerprint density at radius 2 is 2.03 bits per heavy atom. The van der Waals surface area contributed by atoms with Crippen molar-refractivity contribution in [3.8, 4) is 0 Å². The van der Waals surface area contributed by atoms with E-state index in [-0.39, 0.29) is 5.56 Å². The van der Waals surface area contributed by atoms with Gasteiger partial charge in [-0.1, -0.05) is 25.4 Å². The molecule has 0 unspecified atom stereocenters. The van der Waals surface area contributed by atoms with E-state index >= 15 is 0 Å². The third-order valence-electron chi connectivity index (χ3n) is 5.07. The van der Waals surface area contributed by atoms with Gasteiger partial charge in [-0.2, -0.15) is 10.2 Å². The molecule has 7 nitrogen and oxygen atoms in total. The van der Waals surface area contributed by atoms with Crippen molar-refractivity contribution in [1.29, 1.82) is 0 Å². The number of aromatic amines is 2. The van der Waals surface area contributed by atoms with E-state index in [1.165, 1.54) is 0 Å². The summed E-state index contributed by atoms with van der Waals surface area (Å²) >= 11 is 6.42. The fourth-order valence-electron chi connectivity index (χ4n) is 3.83. The topological polar surface area (TPSA) is 107 Å². The second-order valence-electron chi connectivity index (χ2n) is 7.57. The first-order valence-corrected chi connectivity index (χ1v) is 9.83. The Kier molecular flexibility index (Phi) is 4.92. The largest absolute Gasteiger partial charge is 0.478 e. The molecule has 0 fully saturated rings. The molecule has 0 spiro atoms. The fraction of sp³-hybridized carbons (Fsp3) is 0.286. The van der Waals surface area contributed by atoms with Crippen molar-refractivity contribution in [3.05, 3.63) is 51.7 Å². The normalized spacial score (nSPS) is 11.6. The van der Waals surface area contributed by atoms with Crippen molar-refractivity contribution in [2.75, 3.05) is 12.4 Å². The maximum Gasteiger partial charge on any atom is 0.336 e. The van der Waals surface area contributed by atoms with Gasteiger partial charge in [-0.15, -0.1) is 0 Å². The predicted octanol–water partition coefficient (Wildman–Crippen LogP) is 4.62. The van der Waals surface area contributed by atoms with Crippen LogP contribution in [0.4, 0.5) is 5.82 Å². The second kappa shape index (κ2) is 7.40. The number of fused-ring (bicyclic) bond motifs is 2. The summed E-state index contributed by atoms with van der Waals surface area (Å²) in [5, 5.41) is 30.0. The van der Waals surface area contributed by atoms with Crippen molar-refractivity contribution in [2.45, 2.75) is 26.7 Å². The third-order valence-corrected chi connectivity index (χ3v) is 5.29. The van der Waals surface area contributed by atoms with Gasteiger partial charge in [-0.3, -0.25) is 10.2 Å². The van der Waals surface area contributed by atoms with Crippen LogP contribution in [0.15, 0.2) is 24.3 Å². The molecule has 0 saturated carbocycles. The SMILES string of the molecule is CNc1n[nH]c2ccc(C(=O)O)c(Cc3cc(Cl)cc4c(CC(C)C)n[nH]c34)c12. The number of anilines is 1. The Labute approximate surface area is 172 Å². The molecule has 0 aliphatic carbocycles. The minimum absolute atomic E-state index is 0.241. The van der Waals surface area contributed by atoms with Crippen molar-refractivity contribution in [2.24, 2.45) is 5.92 Å². The molecule has 2 aromatic heterocycles. The zero-order valence-electron chi connectivity index (χ0n) is 16.4. The Balaban J connectivity index is 1.92. The highest BCUT2D eigenvalue weighted by molar-refractivity contribution is 6.31. The summed E-state index contributed by atoms with van der Waals surface area (Å²) in [6.45, 7) is 4.29. The van der Waals surface area contributed by atoms with E-state index in [0.29, 0.717) is 28.7 Å². The number of nitrogens with zero attached hydrogens (tertiary/aromatic N) is 2. The number of carbonyl (C=O) groups is 1. The lowest BCUT2D eigenvalue weighted by molar-refractivity contribution is 0.0696. The van der Waals surface area contributed by atoms with Gasteiger partial charge in [0.05, 0.1) is 22.3 Å². The molecule has 29 heavy (non-hydrogen) atoms. The number of benzene rings is 2. The average Bonchev–Trinajstić information content (AvgIpc) is 3.25. The number of aromatic carboxylic acids is 1. The number of hydrogen-bond acceptors (Lipinski definition) is 4. The van der Waals surface area contributed by atoms with E-state index in [4.69, 9.17) is 11.6 Å². The van der Waals surface area contributed by atoms with Crippen molar-refractivity contribution in [1.82, 2.24) is 20.4 Å². The van der Waals surface area contributed by atoms with Crippen LogP contribution in [0.25, 0.3) is 21.8 Å². The van der Waals surface area contributed by atoms with E-state index in [1.54, 1.807) is 19.2 Å². The lowest BCUT2D eigenvalue weighted by Gasteiger charge is -2.11. The molecule has 0 bridgehead atoms. The Morgan fingerprint density at radius 1 is 1.24 bits per heavy atom. The molecular weight excluding hydrogens is 390 g/mol. The highest BCUT2D eigenvalue weighted by Crippen LogP contribution is 2.33. The first-order chi connectivity index (χ1) is 13.9. The molecule has 0 aliphatic rings. The van der Waals surface area contributed by atoms with Crippen LogP contribution in [0, 0.1) is 5.92 Å². The summed E-state index contributed by atoms with van der Waals surface area (Å²) in [5.41, 5.74) is 4.44. The molecule has 0 aliphatic heterocycles. The molecule has 2 aromatic carbocycles. The second-order valence-corrected chi connectivity index (χ2v) is 8.01. The Bertz CT molecular complexity index is 1220. The number of carboxylic acids is 1. The summed E-state index contributed by atoms with van der Waals surface area (Å²) in [4.78, 5) is 11.9. The van der Waals surface area contributed by atoms with Gasteiger partial charge >= 0.3 is 5.97 Å². The summed E-state index contributed by atoms with van der Waals surface area (Å²) in [6, 6.07) is 7.12. The number of halogens is 1. The lowest BCUT2D eigenvalue weighted by atomic mass is 9.94. The molecule has 8 heteroatoms. The average molecular weight is 412 g/mol. The van der Waals surface area contributed by atoms with Gasteiger partial charge in [-0.25, -0.2) is 4.79 Å². The predicted molar refractivity (Wildman–Crippen MR) is 115 cm³/mol. The Morgan fingerprint density at radius 3 is 2.72 bits per heavy atom. The van der Waals surface area contributed by atoms with E-state index in [1.807, 2.05) is 12.1 Å². The number of nitrogens with one attached hydrogen (secondary N) is 3. The zero-order chi connectivity index (χ0) is 20.7. The van der Waals surface area contributed by atoms with Gasteiger partial charge < -0.3 is 10.4 Å². The smallest absolute Gasteiger partial charge is 0.336 e. The van der Waals surface area contributed by atoms with E-state index in [0.717, 1.165) is 39.5 Å². The molecule has 4 N–H and O–H groups in total. The summed E-state index contributed by atoms with van der Waals surface area (Å²) in [7, 11) is 1.76. The van der Waals surface area contributed by atoms with Gasteiger partial charge in [0.25, 0.3) is 0 Å². The van der Waals surface area contributed by atoms with Gasteiger partial charge in [0, 0.05) is 29.3 Å². The van der Waals surface area contributed by atoms with Crippen molar-refractivity contribution in [3.63, 3.8) is 0 Å². The van der Waals surface area contributed by atoms with Crippen LogP contribution in [0.3, 0.4) is 0 Å². The molecule has 2 heterocycles. The van der Waals surface area contributed by atoms with Crippen LogP contribution < -0.4 is 5.32 Å². The highest BCUT2D eigenvalue weighted by atomic mass is 35.5. The third kappa shape index (κ3) is 3.42. The molecule has 4 aromatic rings. The molecule has 0 saturated heterocycles. The zero-order valence-corrected chi connectivity index (χ0v) is 17.2. The quantitative estimate of drug-likeness (QED) is 0.370. The summed E-state index contributed by atoms with van der Waals surface area (Å²) in [5.74, 6) is 0.0930. The Hall–Kier alpha value is -3.06. The lowest BCUT2D eigenvalue weighted by Crippen LogP contribution is -2.05. The van der Waals surface area contributed by atoms with E-state index in [2.05, 4.69) is 39.6 Å². The highest BCUT2D eigenvalue weighted by Gasteiger charge is 2.20. The number of carboxylic acid groups (broad SMARTS) is 1. The minimum Gasteiger partial charge on any atom is -0.478 e. The molecule has 0 amide bonds. The maximum absolute atomic E-state index is 11.9. The molecular formula is C21H22ClN5O2. The van der Waals surface area contributed by atoms with Gasteiger partial charge in [0.15, 0.2) is 5.82 Å². The fourth-order valence-corrected chi connectivity index (χ4v) is 4.07. The molecule has 150 valence electrons. The van der Waals surface area contributed by atoms with Crippen LogP contribution in [0.1, 0.15) is 41.0 Å². The van der Waals surface area contributed by atoms with E-state index in [9.17, 15) is 9.90 Å². The molecule has 0 atom stereocenters. The van der Waals surface area contributed by atoms with Gasteiger partial charge in [0.2, 0.25) is 0 Å². The number of aromatic nitrogens is 4. The number of H-pyrrole nitrogens is 2. The van der Waals surface area contributed by atoms with Gasteiger partial charge in [0.1, 0.15) is 0 Å². The van der Waals surface area contributed by atoms with Crippen LogP contribution in [0.2, 0.25) is 5.02 Å². The first-order valence-electron chi connectivity index (χ1n) is 9.45. The number of rotatable bonds is 6. The number of hydrogen-bond donors (Lipinski definition) is 4. The molecule has 4 rings (SSSR count). The van der Waals surface area contributed by atoms with E-state index < -0.39 is 5.97 Å². The van der Waals surface area contributed by atoms with Crippen LogP contribution in [0.5, 0.6) is 0 Å². The first kappa shape index (κ1) is 19.3. The van der Waals surface area contributed by atoms with Crippen LogP contribution in [-0.2, 0) is 12.8 Å². The maximum atomic E-state index is 11.9. The van der Waals surface area contributed by atoms with Crippen molar-refractivity contribution < 1.29 is 9.90 Å². The summed E-state index contributed by atoms with van der Waals surface area (Å²) < 4.78 is 0. The summed E-state index contributed by atoms with van der Waals surface area (Å²) in [6.07, 6.45) is 1.22. The monoisotopic (exact) mass is 411 g/mol. The standard InChI is InChI=1S/C21H22ClN5O2/c1-10(2)6-17-15-9-12(22)7-11(19(15)26-25-17)8-14-13(21(28)29)4-5-16-18(14)20(23-3)27-24-16/h4-5,7,9-10H,6,8H2,1-3H3,(H,25,26)(H,28,29)(H2,23,24,27). The van der Waals surface area contributed by atoms with Crippen LogP contribution >= 0.6 is 11.6 Å². The molecule has 0 radical (unpaired) electrons. The van der Waals surface area contributed by atoms with Crippen molar-refractivity contribution >= 4 is 45.2 Å². The minimum atomic E-state index is -0.978. The van der Waals surface area contributed by atoms with Crippen LogP contribution in [-0.4, -0.2) is 38.5 Å². The van der Waals surface area contributed by atoms with Gasteiger partial charge in [-0.05, 0) is 47.7 Å².